The van der Waals surface area contributed by atoms with Gasteiger partial charge in [0.25, 0.3) is 0 Å². The number of aliphatic hydroxyl groups is 1. The summed E-state index contributed by atoms with van der Waals surface area (Å²) < 4.78 is 0. The first-order chi connectivity index (χ1) is 20.1. The summed E-state index contributed by atoms with van der Waals surface area (Å²) in [7, 11) is 0. The van der Waals surface area contributed by atoms with E-state index in [9.17, 15) is 19.5 Å². The molecule has 0 spiro atoms. The molecule has 9 nitrogen and oxygen atoms in total. The number of nitriles is 1. The molecule has 42 heavy (non-hydrogen) atoms. The Kier molecular flexibility index (Phi) is 12.5. The summed E-state index contributed by atoms with van der Waals surface area (Å²) in [6.07, 6.45) is 1.69. The Hall–Kier alpha value is -3.74. The summed E-state index contributed by atoms with van der Waals surface area (Å²) in [6, 6.07) is 20.1. The largest absolute Gasteiger partial charge is 0.390 e. The van der Waals surface area contributed by atoms with Crippen molar-refractivity contribution in [2.45, 2.75) is 83.0 Å². The fourth-order valence-electron chi connectivity index (χ4n) is 5.83. The molecule has 0 aromatic heterocycles. The molecule has 1 aliphatic rings. The van der Waals surface area contributed by atoms with Crippen LogP contribution in [0.15, 0.2) is 60.7 Å². The maximum Gasteiger partial charge on any atom is 0.249 e. The molecule has 4 atom stereocenters. The third-order valence-electron chi connectivity index (χ3n) is 7.71. The molecular weight excluding hydrogens is 530 g/mol. The average molecular weight is 576 g/mol. The van der Waals surface area contributed by atoms with Crippen LogP contribution in [0.2, 0.25) is 0 Å². The molecule has 4 N–H and O–H groups in total. The molecule has 1 unspecified atom stereocenters. The van der Waals surface area contributed by atoms with Gasteiger partial charge in [-0.3, -0.25) is 14.4 Å². The van der Waals surface area contributed by atoms with Crippen molar-refractivity contribution in [3.05, 3.63) is 71.8 Å². The molecule has 0 saturated carbocycles. The summed E-state index contributed by atoms with van der Waals surface area (Å²) in [5, 5.41) is 29.0. The van der Waals surface area contributed by atoms with Gasteiger partial charge in [0, 0.05) is 33.0 Å². The number of aryl methyl sites for hydroxylation is 1. The number of amides is 3. The molecule has 2 aromatic carbocycles. The van der Waals surface area contributed by atoms with Gasteiger partial charge in [0.05, 0.1) is 18.2 Å². The minimum atomic E-state index is -1.04. The number of carbonyl (C=O) groups excluding carboxylic acids is 3. The van der Waals surface area contributed by atoms with Crippen LogP contribution in [0, 0.1) is 17.2 Å². The molecule has 1 aliphatic heterocycles. The highest BCUT2D eigenvalue weighted by atomic mass is 16.3. The number of carbonyl (C=O) groups is 3. The molecule has 0 aliphatic carbocycles. The topological polar surface area (TPSA) is 135 Å². The Bertz CT molecular complexity index is 1200. The molecule has 0 bridgehead atoms. The van der Waals surface area contributed by atoms with Gasteiger partial charge < -0.3 is 26.0 Å². The lowest BCUT2D eigenvalue weighted by Gasteiger charge is -2.34. The van der Waals surface area contributed by atoms with Crippen molar-refractivity contribution < 1.29 is 19.5 Å². The Morgan fingerprint density at radius 2 is 1.71 bits per heavy atom. The number of aliphatic hydroxyl groups excluding tert-OH is 1. The number of hydrogen-bond acceptors (Lipinski definition) is 6. The van der Waals surface area contributed by atoms with Crippen LogP contribution in [0.5, 0.6) is 0 Å². The number of nitrogens with one attached hydrogen (secondary N) is 3. The van der Waals surface area contributed by atoms with Gasteiger partial charge in [-0.05, 0) is 49.1 Å². The van der Waals surface area contributed by atoms with Gasteiger partial charge >= 0.3 is 0 Å². The van der Waals surface area contributed by atoms with E-state index in [1.54, 1.807) is 4.90 Å². The van der Waals surface area contributed by atoms with Crippen LogP contribution < -0.4 is 16.0 Å². The van der Waals surface area contributed by atoms with E-state index < -0.39 is 23.7 Å². The first kappa shape index (κ1) is 32.8. The van der Waals surface area contributed by atoms with Crippen molar-refractivity contribution in [3.63, 3.8) is 0 Å². The van der Waals surface area contributed by atoms with E-state index in [4.69, 9.17) is 5.26 Å². The standard InChI is InChI=1S/C33H45N5O4/c1-24(2)22-33(37-25(3)39)17-20-38(32(33)42)29(16-15-26-11-6-4-7-12-26)31(41)36-28(21-27-13-8-5-9-14-27)30(40)23-35-19-10-18-34/h4-9,11-14,24,28-30,35,40H,10,15-17,19-23H2,1-3H3,(H,36,41)(H,37,39)/t28-,29+,30?,33+/m0/s1. The zero-order valence-corrected chi connectivity index (χ0v) is 25.0. The lowest BCUT2D eigenvalue weighted by molar-refractivity contribution is -0.143. The van der Waals surface area contributed by atoms with Crippen LogP contribution in [-0.2, 0) is 27.2 Å². The molecule has 226 valence electrons. The van der Waals surface area contributed by atoms with E-state index in [0.717, 1.165) is 11.1 Å². The van der Waals surface area contributed by atoms with E-state index in [1.807, 2.05) is 74.5 Å². The van der Waals surface area contributed by atoms with Gasteiger partial charge in [-0.2, -0.15) is 5.26 Å². The SMILES string of the molecule is CC(=O)N[C@@]1(CC(C)C)CCN([C@H](CCc2ccccc2)C(=O)N[C@@H](Cc2ccccc2)C(O)CNCCC#N)C1=O. The number of benzene rings is 2. The average Bonchev–Trinajstić information content (AvgIpc) is 3.25. The molecule has 0 radical (unpaired) electrons. The van der Waals surface area contributed by atoms with Gasteiger partial charge in [0.2, 0.25) is 17.7 Å². The first-order valence-corrected chi connectivity index (χ1v) is 14.9. The van der Waals surface area contributed by atoms with Gasteiger partial charge in [0.1, 0.15) is 11.6 Å². The van der Waals surface area contributed by atoms with Crippen molar-refractivity contribution in [3.8, 4) is 6.07 Å². The van der Waals surface area contributed by atoms with Gasteiger partial charge in [-0.1, -0.05) is 74.5 Å². The van der Waals surface area contributed by atoms with Crippen molar-refractivity contribution >= 4 is 17.7 Å². The van der Waals surface area contributed by atoms with Crippen LogP contribution in [0.25, 0.3) is 0 Å². The first-order valence-electron chi connectivity index (χ1n) is 14.9. The predicted molar refractivity (Wildman–Crippen MR) is 162 cm³/mol. The Morgan fingerprint density at radius 1 is 1.07 bits per heavy atom. The second-order valence-electron chi connectivity index (χ2n) is 11.6. The van der Waals surface area contributed by atoms with Crippen molar-refractivity contribution in [1.29, 1.82) is 5.26 Å². The van der Waals surface area contributed by atoms with Crippen LogP contribution in [0.4, 0.5) is 0 Å². The zero-order valence-electron chi connectivity index (χ0n) is 25.0. The van der Waals surface area contributed by atoms with Gasteiger partial charge in [0.15, 0.2) is 0 Å². The molecule has 2 aromatic rings. The minimum Gasteiger partial charge on any atom is -0.390 e. The Morgan fingerprint density at radius 3 is 2.31 bits per heavy atom. The van der Waals surface area contributed by atoms with Crippen LogP contribution in [0.3, 0.4) is 0 Å². The maximum absolute atomic E-state index is 14.1. The van der Waals surface area contributed by atoms with Gasteiger partial charge in [-0.15, -0.1) is 0 Å². The normalized spacial score (nSPS) is 18.8. The van der Waals surface area contributed by atoms with E-state index >= 15 is 0 Å². The lowest BCUT2D eigenvalue weighted by Crippen LogP contribution is -2.59. The number of likely N-dealkylation sites (tertiary alicyclic amines) is 1. The molecule has 1 heterocycles. The summed E-state index contributed by atoms with van der Waals surface area (Å²) in [6.45, 7) is 6.43. The van der Waals surface area contributed by atoms with Crippen molar-refractivity contribution in [2.75, 3.05) is 19.6 Å². The summed E-state index contributed by atoms with van der Waals surface area (Å²) in [5.41, 5.74) is 0.970. The highest BCUT2D eigenvalue weighted by molar-refractivity contribution is 5.96. The second kappa shape index (κ2) is 16.0. The molecule has 9 heteroatoms. The van der Waals surface area contributed by atoms with Crippen LogP contribution >= 0.6 is 0 Å². The Balaban J connectivity index is 1.87. The van der Waals surface area contributed by atoms with Crippen molar-refractivity contribution in [2.24, 2.45) is 5.92 Å². The molecule has 1 fully saturated rings. The Labute approximate surface area is 249 Å². The predicted octanol–water partition coefficient (Wildman–Crippen LogP) is 2.73. The van der Waals surface area contributed by atoms with Crippen LogP contribution in [0.1, 0.15) is 57.6 Å². The smallest absolute Gasteiger partial charge is 0.249 e. The summed E-state index contributed by atoms with van der Waals surface area (Å²) >= 11 is 0. The highest BCUT2D eigenvalue weighted by Gasteiger charge is 2.50. The minimum absolute atomic E-state index is 0.163. The van der Waals surface area contributed by atoms with Crippen LogP contribution in [-0.4, -0.2) is 71.1 Å². The van der Waals surface area contributed by atoms with Gasteiger partial charge in [-0.25, -0.2) is 0 Å². The van der Waals surface area contributed by atoms with E-state index in [0.29, 0.717) is 51.6 Å². The monoisotopic (exact) mass is 575 g/mol. The maximum atomic E-state index is 14.1. The zero-order chi connectivity index (χ0) is 30.5. The molecule has 3 amide bonds. The third-order valence-corrected chi connectivity index (χ3v) is 7.71. The van der Waals surface area contributed by atoms with E-state index in [2.05, 4.69) is 22.0 Å². The molecule has 1 saturated heterocycles. The molecular formula is C33H45N5O4. The lowest BCUT2D eigenvalue weighted by atomic mass is 9.87. The summed E-state index contributed by atoms with van der Waals surface area (Å²) in [5.74, 6) is -0.681. The number of nitrogens with zero attached hydrogens (tertiary/aromatic N) is 2. The fourth-order valence-corrected chi connectivity index (χ4v) is 5.83. The van der Waals surface area contributed by atoms with E-state index in [1.165, 1.54) is 6.92 Å². The highest BCUT2D eigenvalue weighted by Crippen LogP contribution is 2.32. The summed E-state index contributed by atoms with van der Waals surface area (Å²) in [4.78, 5) is 41.9. The molecule has 3 rings (SSSR count). The second-order valence-corrected chi connectivity index (χ2v) is 11.6. The fraction of sp³-hybridized carbons (Fsp3) is 0.515. The quantitative estimate of drug-likeness (QED) is 0.228. The van der Waals surface area contributed by atoms with E-state index in [-0.39, 0.29) is 30.2 Å². The number of rotatable bonds is 16. The van der Waals surface area contributed by atoms with Crippen molar-refractivity contribution in [1.82, 2.24) is 20.9 Å². The number of hydrogen-bond donors (Lipinski definition) is 4. The third kappa shape index (κ3) is 9.40.